The zero-order chi connectivity index (χ0) is 12.7. The Balaban J connectivity index is 1.81. The Morgan fingerprint density at radius 1 is 1.28 bits per heavy atom. The first-order chi connectivity index (χ1) is 8.63. The van der Waals surface area contributed by atoms with Crippen molar-refractivity contribution in [1.82, 2.24) is 4.90 Å². The van der Waals surface area contributed by atoms with Crippen molar-refractivity contribution in [3.05, 3.63) is 28.3 Å². The van der Waals surface area contributed by atoms with E-state index in [1.54, 1.807) is 0 Å². The Hall–Kier alpha value is -0.810. The second-order valence-electron chi connectivity index (χ2n) is 4.98. The lowest BCUT2D eigenvalue weighted by atomic mass is 10.1. The first-order valence-corrected chi connectivity index (χ1v) is 6.54. The fourth-order valence-electron chi connectivity index (χ4n) is 2.68. The predicted molar refractivity (Wildman–Crippen MR) is 67.9 cm³/mol. The molecule has 2 heterocycles. The van der Waals surface area contributed by atoms with Gasteiger partial charge in [0.05, 0.1) is 18.8 Å². The molecule has 2 N–H and O–H groups in total. The standard InChI is InChI=1S/C13H16ClNO3/c14-10-3-8-1-2-18-13(8)9(4-10)5-15-6-11(16)12(17)7-15/h3-4,11-12,16-17H,1-2,5-7H2/t11-,12+. The van der Waals surface area contributed by atoms with Gasteiger partial charge in [0.2, 0.25) is 0 Å². The summed E-state index contributed by atoms with van der Waals surface area (Å²) in [5.41, 5.74) is 2.19. The van der Waals surface area contributed by atoms with Crippen LogP contribution in [0, 0.1) is 0 Å². The zero-order valence-corrected chi connectivity index (χ0v) is 10.7. The largest absolute Gasteiger partial charge is 0.493 e. The third-order valence-corrected chi connectivity index (χ3v) is 3.77. The van der Waals surface area contributed by atoms with Crippen LogP contribution in [0.2, 0.25) is 5.02 Å². The summed E-state index contributed by atoms with van der Waals surface area (Å²) >= 11 is 6.10. The Bertz CT molecular complexity index is 456. The molecule has 2 aliphatic rings. The number of fused-ring (bicyclic) bond motifs is 1. The first kappa shape index (κ1) is 12.2. The third kappa shape index (κ3) is 2.21. The Kier molecular flexibility index (Phi) is 3.20. The molecular weight excluding hydrogens is 254 g/mol. The number of aliphatic hydroxyl groups is 2. The van der Waals surface area contributed by atoms with Crippen LogP contribution in [0.3, 0.4) is 0 Å². The van der Waals surface area contributed by atoms with Crippen LogP contribution in [0.25, 0.3) is 0 Å². The summed E-state index contributed by atoms with van der Waals surface area (Å²) in [7, 11) is 0. The summed E-state index contributed by atoms with van der Waals surface area (Å²) in [6.07, 6.45) is -0.412. The number of β-amino-alcohol motifs (C(OH)–C–C–N with tert-alkyl or cyclic N) is 2. The summed E-state index contributed by atoms with van der Waals surface area (Å²) in [5.74, 6) is 0.926. The Morgan fingerprint density at radius 3 is 2.72 bits per heavy atom. The number of hydrogen-bond acceptors (Lipinski definition) is 4. The average Bonchev–Trinajstić information content (AvgIpc) is 2.86. The van der Waals surface area contributed by atoms with E-state index in [0.29, 0.717) is 26.2 Å². The van der Waals surface area contributed by atoms with E-state index in [1.165, 1.54) is 0 Å². The lowest BCUT2D eigenvalue weighted by Gasteiger charge is -2.17. The van der Waals surface area contributed by atoms with Gasteiger partial charge in [-0.25, -0.2) is 0 Å². The van der Waals surface area contributed by atoms with Gasteiger partial charge in [0.15, 0.2) is 0 Å². The van der Waals surface area contributed by atoms with E-state index in [-0.39, 0.29) is 0 Å². The second kappa shape index (κ2) is 4.70. The number of likely N-dealkylation sites (tertiary alicyclic amines) is 1. The topological polar surface area (TPSA) is 52.9 Å². The Morgan fingerprint density at radius 2 is 2.00 bits per heavy atom. The van der Waals surface area contributed by atoms with Crippen LogP contribution in [0.1, 0.15) is 11.1 Å². The second-order valence-corrected chi connectivity index (χ2v) is 5.42. The summed E-state index contributed by atoms with van der Waals surface area (Å²) in [4.78, 5) is 2.02. The third-order valence-electron chi connectivity index (χ3n) is 3.55. The van der Waals surface area contributed by atoms with E-state index in [1.807, 2.05) is 17.0 Å². The molecular formula is C13H16ClNO3. The number of hydrogen-bond donors (Lipinski definition) is 2. The van der Waals surface area contributed by atoms with Crippen LogP contribution in [-0.4, -0.2) is 47.0 Å². The molecule has 0 amide bonds. The zero-order valence-electron chi connectivity index (χ0n) is 9.97. The molecule has 4 nitrogen and oxygen atoms in total. The highest BCUT2D eigenvalue weighted by Crippen LogP contribution is 2.34. The van der Waals surface area contributed by atoms with E-state index < -0.39 is 12.2 Å². The summed E-state index contributed by atoms with van der Waals surface area (Å²) < 4.78 is 5.64. The molecule has 0 aromatic heterocycles. The molecule has 0 bridgehead atoms. The smallest absolute Gasteiger partial charge is 0.127 e. The van der Waals surface area contributed by atoms with Crippen molar-refractivity contribution in [3.63, 3.8) is 0 Å². The van der Waals surface area contributed by atoms with Crippen molar-refractivity contribution in [2.75, 3.05) is 19.7 Å². The maximum Gasteiger partial charge on any atom is 0.127 e. The van der Waals surface area contributed by atoms with Crippen LogP contribution < -0.4 is 4.74 Å². The summed E-state index contributed by atoms with van der Waals surface area (Å²) in [5, 5.41) is 19.8. The van der Waals surface area contributed by atoms with Gasteiger partial charge in [0.1, 0.15) is 5.75 Å². The molecule has 0 unspecified atom stereocenters. The minimum atomic E-state index is -0.654. The molecule has 18 heavy (non-hydrogen) atoms. The van der Waals surface area contributed by atoms with Gasteiger partial charge in [0.25, 0.3) is 0 Å². The minimum absolute atomic E-state index is 0.489. The van der Waals surface area contributed by atoms with Crippen molar-refractivity contribution < 1.29 is 14.9 Å². The molecule has 0 aliphatic carbocycles. The van der Waals surface area contributed by atoms with E-state index >= 15 is 0 Å². The van der Waals surface area contributed by atoms with Crippen molar-refractivity contribution in [1.29, 1.82) is 0 Å². The number of halogens is 1. The molecule has 2 atom stereocenters. The van der Waals surface area contributed by atoms with Crippen LogP contribution in [-0.2, 0) is 13.0 Å². The number of nitrogens with zero attached hydrogens (tertiary/aromatic N) is 1. The van der Waals surface area contributed by atoms with E-state index in [9.17, 15) is 10.2 Å². The van der Waals surface area contributed by atoms with Crippen LogP contribution in [0.15, 0.2) is 12.1 Å². The molecule has 0 saturated carbocycles. The lowest BCUT2D eigenvalue weighted by Crippen LogP contribution is -2.22. The fraction of sp³-hybridized carbons (Fsp3) is 0.538. The number of ether oxygens (including phenoxy) is 1. The monoisotopic (exact) mass is 269 g/mol. The van der Waals surface area contributed by atoms with E-state index in [2.05, 4.69) is 0 Å². The summed E-state index contributed by atoms with van der Waals surface area (Å²) in [6, 6.07) is 3.85. The fourth-order valence-corrected chi connectivity index (χ4v) is 2.94. The minimum Gasteiger partial charge on any atom is -0.493 e. The van der Waals surface area contributed by atoms with Gasteiger partial charge in [-0.1, -0.05) is 11.6 Å². The molecule has 1 aromatic carbocycles. The molecule has 5 heteroatoms. The highest BCUT2D eigenvalue weighted by molar-refractivity contribution is 6.30. The van der Waals surface area contributed by atoms with Gasteiger partial charge in [-0.15, -0.1) is 0 Å². The number of benzene rings is 1. The normalized spacial score (nSPS) is 27.3. The van der Waals surface area contributed by atoms with Gasteiger partial charge in [-0.05, 0) is 17.7 Å². The van der Waals surface area contributed by atoms with E-state index in [0.717, 1.165) is 28.3 Å². The van der Waals surface area contributed by atoms with Crippen molar-refractivity contribution >= 4 is 11.6 Å². The van der Waals surface area contributed by atoms with Gasteiger partial charge in [-0.3, -0.25) is 4.90 Å². The number of aliphatic hydroxyl groups excluding tert-OH is 2. The molecule has 1 saturated heterocycles. The van der Waals surface area contributed by atoms with Crippen molar-refractivity contribution in [2.24, 2.45) is 0 Å². The SMILES string of the molecule is O[C@@H]1CN(Cc2cc(Cl)cc3c2OCC3)C[C@@H]1O. The highest BCUT2D eigenvalue weighted by Gasteiger charge is 2.30. The molecule has 3 rings (SSSR count). The lowest BCUT2D eigenvalue weighted by molar-refractivity contribution is 0.0572. The van der Waals surface area contributed by atoms with Crippen LogP contribution >= 0.6 is 11.6 Å². The number of rotatable bonds is 2. The highest BCUT2D eigenvalue weighted by atomic mass is 35.5. The van der Waals surface area contributed by atoms with Crippen molar-refractivity contribution in [2.45, 2.75) is 25.2 Å². The molecule has 0 spiro atoms. The quantitative estimate of drug-likeness (QED) is 0.834. The molecule has 0 radical (unpaired) electrons. The average molecular weight is 270 g/mol. The maximum atomic E-state index is 9.55. The molecule has 98 valence electrons. The van der Waals surface area contributed by atoms with Crippen molar-refractivity contribution in [3.8, 4) is 5.75 Å². The van der Waals surface area contributed by atoms with Crippen LogP contribution in [0.4, 0.5) is 0 Å². The summed E-state index contributed by atoms with van der Waals surface area (Å²) in [6.45, 7) is 2.33. The molecule has 1 fully saturated rings. The predicted octanol–water partition coefficient (Wildman–Crippen LogP) is 0.812. The van der Waals surface area contributed by atoms with Gasteiger partial charge in [0, 0.05) is 36.6 Å². The van der Waals surface area contributed by atoms with Crippen LogP contribution in [0.5, 0.6) is 5.75 Å². The van der Waals surface area contributed by atoms with Gasteiger partial charge >= 0.3 is 0 Å². The molecule has 1 aromatic rings. The van der Waals surface area contributed by atoms with Gasteiger partial charge in [-0.2, -0.15) is 0 Å². The molecule has 2 aliphatic heterocycles. The van der Waals surface area contributed by atoms with E-state index in [4.69, 9.17) is 16.3 Å². The Labute approximate surface area is 111 Å². The first-order valence-electron chi connectivity index (χ1n) is 6.16. The maximum absolute atomic E-state index is 9.55. The van der Waals surface area contributed by atoms with Gasteiger partial charge < -0.3 is 14.9 Å².